The molecule has 0 unspecified atom stereocenters. The summed E-state index contributed by atoms with van der Waals surface area (Å²) in [4.78, 5) is 0. The molecule has 0 bridgehead atoms. The van der Waals surface area contributed by atoms with Crippen LogP contribution in [0.1, 0.15) is 27.2 Å². The molecule has 4 heteroatoms. The van der Waals surface area contributed by atoms with Gasteiger partial charge in [0.15, 0.2) is 0 Å². The fourth-order valence-electron chi connectivity index (χ4n) is 1.29. The molecular weight excluding hydrogens is 188 g/mol. The van der Waals surface area contributed by atoms with Crippen LogP contribution in [0.25, 0.3) is 0 Å². The molecule has 0 aromatic heterocycles. The lowest BCUT2D eigenvalue weighted by atomic mass is 9.85. The molecule has 0 aromatic rings. The zero-order valence-electron chi connectivity index (χ0n) is 9.07. The lowest BCUT2D eigenvalue weighted by Gasteiger charge is -2.36. The first-order valence-corrected chi connectivity index (χ1v) is 5.09. The van der Waals surface area contributed by atoms with Crippen molar-refractivity contribution in [2.45, 2.75) is 39.2 Å². The predicted molar refractivity (Wildman–Crippen MR) is 51.6 cm³/mol. The average Bonchev–Trinajstić information content (AvgIpc) is 2.01. The van der Waals surface area contributed by atoms with E-state index in [2.05, 4.69) is 5.32 Å². The van der Waals surface area contributed by atoms with Crippen molar-refractivity contribution in [1.29, 1.82) is 0 Å². The summed E-state index contributed by atoms with van der Waals surface area (Å²) in [5.41, 5.74) is -1.07. The van der Waals surface area contributed by atoms with E-state index in [0.717, 1.165) is 13.1 Å². The monoisotopic (exact) mass is 207 g/mol. The van der Waals surface area contributed by atoms with Crippen molar-refractivity contribution >= 4 is 0 Å². The number of ether oxygens (including phenoxy) is 1. The van der Waals surface area contributed by atoms with Crippen LogP contribution >= 0.6 is 0 Å². The smallest absolute Gasteiger partial charge is 0.255 e. The third-order valence-corrected chi connectivity index (χ3v) is 2.86. The maximum Gasteiger partial charge on any atom is 0.255 e. The molecular formula is C10H19F2NO. The van der Waals surface area contributed by atoms with Crippen molar-refractivity contribution in [3.8, 4) is 0 Å². The highest BCUT2D eigenvalue weighted by Crippen LogP contribution is 2.39. The number of halogens is 2. The molecule has 14 heavy (non-hydrogen) atoms. The second kappa shape index (κ2) is 4.11. The largest absolute Gasteiger partial charge is 0.375 e. The van der Waals surface area contributed by atoms with Gasteiger partial charge in [0.2, 0.25) is 0 Å². The lowest BCUT2D eigenvalue weighted by Crippen LogP contribution is -2.51. The van der Waals surface area contributed by atoms with Crippen LogP contribution in [0, 0.1) is 5.41 Å². The van der Waals surface area contributed by atoms with Crippen LogP contribution in [0.15, 0.2) is 0 Å². The van der Waals surface area contributed by atoms with Gasteiger partial charge in [0.25, 0.3) is 5.92 Å². The van der Waals surface area contributed by atoms with Crippen LogP contribution in [0.5, 0.6) is 0 Å². The minimum atomic E-state index is -2.65. The molecule has 84 valence electrons. The fourth-order valence-corrected chi connectivity index (χ4v) is 1.29. The molecule has 1 heterocycles. The Balaban J connectivity index is 2.39. The SMILES string of the molecule is CCC(F)(F)C(C)(C)COC1CNC1. The molecule has 1 rings (SSSR count). The Hall–Kier alpha value is -0.220. The number of hydrogen-bond acceptors (Lipinski definition) is 2. The first kappa shape index (κ1) is 11.9. The first-order chi connectivity index (χ1) is 6.39. The van der Waals surface area contributed by atoms with Gasteiger partial charge < -0.3 is 10.1 Å². The standard InChI is InChI=1S/C10H19F2NO/c1-4-10(11,12)9(2,3)7-14-8-5-13-6-8/h8,13H,4-7H2,1-3H3. The van der Waals surface area contributed by atoms with Gasteiger partial charge >= 0.3 is 0 Å². The molecule has 0 aromatic carbocycles. The van der Waals surface area contributed by atoms with Gasteiger partial charge in [-0.25, -0.2) is 8.78 Å². The van der Waals surface area contributed by atoms with Crippen molar-refractivity contribution in [2.75, 3.05) is 19.7 Å². The average molecular weight is 207 g/mol. The van der Waals surface area contributed by atoms with E-state index in [0.29, 0.717) is 0 Å². The van der Waals surface area contributed by atoms with Gasteiger partial charge in [0.05, 0.1) is 18.1 Å². The van der Waals surface area contributed by atoms with E-state index >= 15 is 0 Å². The van der Waals surface area contributed by atoms with E-state index in [1.165, 1.54) is 6.92 Å². The maximum atomic E-state index is 13.4. The van der Waals surface area contributed by atoms with Gasteiger partial charge in [-0.15, -0.1) is 0 Å². The van der Waals surface area contributed by atoms with Crippen LogP contribution in [0.3, 0.4) is 0 Å². The summed E-state index contributed by atoms with van der Waals surface area (Å²) in [6.45, 7) is 6.32. The molecule has 0 amide bonds. The summed E-state index contributed by atoms with van der Waals surface area (Å²) in [6, 6.07) is 0. The van der Waals surface area contributed by atoms with Crippen molar-refractivity contribution < 1.29 is 13.5 Å². The third kappa shape index (κ3) is 2.42. The Bertz CT molecular complexity index is 191. The Morgan fingerprint density at radius 1 is 1.36 bits per heavy atom. The van der Waals surface area contributed by atoms with Gasteiger partial charge in [-0.05, 0) is 0 Å². The molecule has 0 saturated carbocycles. The van der Waals surface area contributed by atoms with E-state index in [1.54, 1.807) is 13.8 Å². The third-order valence-electron chi connectivity index (χ3n) is 2.86. The van der Waals surface area contributed by atoms with Crippen LogP contribution in [0.4, 0.5) is 8.78 Å². The Morgan fingerprint density at radius 3 is 2.29 bits per heavy atom. The van der Waals surface area contributed by atoms with E-state index in [9.17, 15) is 8.78 Å². The number of rotatable bonds is 5. The summed E-state index contributed by atoms with van der Waals surface area (Å²) >= 11 is 0. The van der Waals surface area contributed by atoms with Gasteiger partial charge in [-0.1, -0.05) is 20.8 Å². The molecule has 1 aliphatic heterocycles. The molecule has 1 fully saturated rings. The summed E-state index contributed by atoms with van der Waals surface area (Å²) in [6.07, 6.45) is -0.00587. The van der Waals surface area contributed by atoms with Gasteiger partial charge in [0, 0.05) is 19.5 Å². The van der Waals surface area contributed by atoms with Crippen LogP contribution in [-0.2, 0) is 4.74 Å². The fraction of sp³-hybridized carbons (Fsp3) is 1.00. The number of alkyl halides is 2. The minimum Gasteiger partial charge on any atom is -0.375 e. The molecule has 1 N–H and O–H groups in total. The van der Waals surface area contributed by atoms with E-state index in [-0.39, 0.29) is 19.1 Å². The summed E-state index contributed by atoms with van der Waals surface area (Å²) in [5.74, 6) is -2.65. The van der Waals surface area contributed by atoms with Crippen LogP contribution in [0.2, 0.25) is 0 Å². The lowest BCUT2D eigenvalue weighted by molar-refractivity contribution is -0.151. The molecule has 0 aliphatic carbocycles. The second-order valence-corrected chi connectivity index (χ2v) is 4.53. The summed E-state index contributed by atoms with van der Waals surface area (Å²) < 4.78 is 32.2. The quantitative estimate of drug-likeness (QED) is 0.745. The summed E-state index contributed by atoms with van der Waals surface area (Å²) in [5, 5.41) is 3.04. The predicted octanol–water partition coefficient (Wildman–Crippen LogP) is 2.05. The Labute approximate surface area is 84.0 Å². The number of hydrogen-bond donors (Lipinski definition) is 1. The van der Waals surface area contributed by atoms with Gasteiger partial charge in [-0.3, -0.25) is 0 Å². The topological polar surface area (TPSA) is 21.3 Å². The second-order valence-electron chi connectivity index (χ2n) is 4.53. The van der Waals surface area contributed by atoms with Crippen molar-refractivity contribution in [3.63, 3.8) is 0 Å². The van der Waals surface area contributed by atoms with Gasteiger partial charge in [0.1, 0.15) is 0 Å². The molecule has 2 nitrogen and oxygen atoms in total. The molecule has 1 aliphatic rings. The zero-order valence-corrected chi connectivity index (χ0v) is 9.07. The Kier molecular flexibility index (Phi) is 3.48. The summed E-state index contributed by atoms with van der Waals surface area (Å²) in [7, 11) is 0. The molecule has 0 atom stereocenters. The molecule has 0 spiro atoms. The normalized spacial score (nSPS) is 19.5. The molecule has 0 radical (unpaired) electrons. The highest BCUT2D eigenvalue weighted by atomic mass is 19.3. The highest BCUT2D eigenvalue weighted by molar-refractivity contribution is 4.85. The highest BCUT2D eigenvalue weighted by Gasteiger charge is 2.45. The van der Waals surface area contributed by atoms with Crippen LogP contribution < -0.4 is 5.32 Å². The van der Waals surface area contributed by atoms with Gasteiger partial charge in [-0.2, -0.15) is 0 Å². The minimum absolute atomic E-state index is 0.125. The Morgan fingerprint density at radius 2 is 1.93 bits per heavy atom. The van der Waals surface area contributed by atoms with E-state index in [1.807, 2.05) is 0 Å². The molecule has 1 saturated heterocycles. The van der Waals surface area contributed by atoms with Crippen molar-refractivity contribution in [2.24, 2.45) is 5.41 Å². The maximum absolute atomic E-state index is 13.4. The van der Waals surface area contributed by atoms with Crippen molar-refractivity contribution in [1.82, 2.24) is 5.32 Å². The van der Waals surface area contributed by atoms with Crippen molar-refractivity contribution in [3.05, 3.63) is 0 Å². The first-order valence-electron chi connectivity index (χ1n) is 5.09. The van der Waals surface area contributed by atoms with E-state index in [4.69, 9.17) is 4.74 Å². The van der Waals surface area contributed by atoms with Crippen LogP contribution in [-0.4, -0.2) is 31.7 Å². The number of nitrogens with one attached hydrogen (secondary N) is 1. The van der Waals surface area contributed by atoms with E-state index < -0.39 is 11.3 Å². The zero-order chi connectivity index (χ0) is 10.8.